The molecule has 6 heteroatoms. The molecular weight excluding hydrogens is 673 g/mol. The maximum atomic E-state index is 5.21. The third-order valence-corrected chi connectivity index (χ3v) is 9.89. The van der Waals surface area contributed by atoms with E-state index in [1.165, 1.54) is 0 Å². The van der Waals surface area contributed by atoms with E-state index in [2.05, 4.69) is 126 Å². The molecule has 0 amide bonds. The zero-order valence-electron chi connectivity index (χ0n) is 29.7. The molecule has 0 saturated heterocycles. The SMILES string of the molecule is c1ccc(-c2ccc(-c3nc(-c4ccccc4)nc(-c4ccc(-c5c6ccccc6c6nc(-c7ccccc7)nc(-c7ccccc7)n56)cc4)n3)cc2)cc1. The van der Waals surface area contributed by atoms with E-state index >= 15 is 0 Å². The molecule has 3 aromatic heterocycles. The summed E-state index contributed by atoms with van der Waals surface area (Å²) in [6.07, 6.45) is 0. The summed E-state index contributed by atoms with van der Waals surface area (Å²) in [5.74, 6) is 3.36. The Hall–Kier alpha value is -7.57. The van der Waals surface area contributed by atoms with Gasteiger partial charge in [0.15, 0.2) is 23.3 Å². The Labute approximate surface area is 318 Å². The van der Waals surface area contributed by atoms with Gasteiger partial charge in [-0.05, 0) is 16.7 Å². The average molecular weight is 705 g/mol. The molecule has 0 fully saturated rings. The molecule has 7 aromatic carbocycles. The van der Waals surface area contributed by atoms with Gasteiger partial charge in [-0.25, -0.2) is 24.9 Å². The minimum atomic E-state index is 0.605. The highest BCUT2D eigenvalue weighted by Crippen LogP contribution is 2.38. The molecule has 6 nitrogen and oxygen atoms in total. The van der Waals surface area contributed by atoms with Gasteiger partial charge in [-0.15, -0.1) is 0 Å². The molecule has 0 atom stereocenters. The van der Waals surface area contributed by atoms with Crippen LogP contribution in [0.2, 0.25) is 0 Å². The number of hydrogen-bond donors (Lipinski definition) is 0. The van der Waals surface area contributed by atoms with E-state index in [4.69, 9.17) is 24.9 Å². The maximum absolute atomic E-state index is 5.21. The minimum Gasteiger partial charge on any atom is -0.277 e. The lowest BCUT2D eigenvalue weighted by atomic mass is 10.0. The van der Waals surface area contributed by atoms with Crippen molar-refractivity contribution in [3.8, 4) is 79.3 Å². The van der Waals surface area contributed by atoms with E-state index < -0.39 is 0 Å². The lowest BCUT2D eigenvalue weighted by Crippen LogP contribution is -2.03. The second-order valence-corrected chi connectivity index (χ2v) is 13.3. The highest BCUT2D eigenvalue weighted by molar-refractivity contribution is 6.06. The van der Waals surface area contributed by atoms with E-state index in [0.29, 0.717) is 23.3 Å². The molecule has 0 bridgehead atoms. The lowest BCUT2D eigenvalue weighted by Gasteiger charge is -2.13. The first-order valence-corrected chi connectivity index (χ1v) is 18.3. The van der Waals surface area contributed by atoms with Crippen LogP contribution in [0.5, 0.6) is 0 Å². The maximum Gasteiger partial charge on any atom is 0.164 e. The fourth-order valence-corrected chi connectivity index (χ4v) is 7.18. The highest BCUT2D eigenvalue weighted by atomic mass is 15.1. The molecule has 0 N–H and O–H groups in total. The first kappa shape index (κ1) is 32.1. The first-order valence-electron chi connectivity index (χ1n) is 18.3. The van der Waals surface area contributed by atoms with Gasteiger partial charge in [0.1, 0.15) is 11.5 Å². The number of fused-ring (bicyclic) bond motifs is 3. The van der Waals surface area contributed by atoms with Gasteiger partial charge >= 0.3 is 0 Å². The fraction of sp³-hybridized carbons (Fsp3) is 0. The van der Waals surface area contributed by atoms with Crippen molar-refractivity contribution in [1.82, 2.24) is 29.3 Å². The smallest absolute Gasteiger partial charge is 0.164 e. The van der Waals surface area contributed by atoms with Gasteiger partial charge in [0.2, 0.25) is 0 Å². The lowest BCUT2D eigenvalue weighted by molar-refractivity contribution is 1.05. The zero-order valence-corrected chi connectivity index (χ0v) is 29.7. The second-order valence-electron chi connectivity index (χ2n) is 13.3. The van der Waals surface area contributed by atoms with Crippen molar-refractivity contribution in [3.05, 3.63) is 194 Å². The third kappa shape index (κ3) is 6.02. The van der Waals surface area contributed by atoms with Gasteiger partial charge < -0.3 is 0 Å². The normalized spacial score (nSPS) is 11.3. The summed E-state index contributed by atoms with van der Waals surface area (Å²) >= 11 is 0. The molecule has 0 aliphatic carbocycles. The van der Waals surface area contributed by atoms with Gasteiger partial charge in [-0.3, -0.25) is 4.40 Å². The van der Waals surface area contributed by atoms with Crippen LogP contribution >= 0.6 is 0 Å². The Kier molecular flexibility index (Phi) is 8.04. The first-order chi connectivity index (χ1) is 27.3. The summed E-state index contributed by atoms with van der Waals surface area (Å²) in [6.45, 7) is 0. The van der Waals surface area contributed by atoms with Crippen molar-refractivity contribution in [2.24, 2.45) is 0 Å². The molecule has 0 unspecified atom stereocenters. The summed E-state index contributed by atoms with van der Waals surface area (Å²) < 4.78 is 2.20. The number of hydrogen-bond acceptors (Lipinski definition) is 5. The van der Waals surface area contributed by atoms with E-state index in [9.17, 15) is 0 Å². The summed E-state index contributed by atoms with van der Waals surface area (Å²) in [7, 11) is 0. The molecule has 3 heterocycles. The molecule has 0 spiro atoms. The Morgan fingerprint density at radius 2 is 0.600 bits per heavy atom. The Balaban J connectivity index is 1.11. The van der Waals surface area contributed by atoms with Crippen molar-refractivity contribution >= 4 is 16.4 Å². The Bertz CT molecular complexity index is 2930. The molecule has 0 radical (unpaired) electrons. The van der Waals surface area contributed by atoms with Gasteiger partial charge in [-0.2, -0.15) is 0 Å². The zero-order chi connectivity index (χ0) is 36.6. The van der Waals surface area contributed by atoms with E-state index in [0.717, 1.165) is 72.4 Å². The highest BCUT2D eigenvalue weighted by Gasteiger charge is 2.21. The van der Waals surface area contributed by atoms with Crippen LogP contribution in [0.1, 0.15) is 0 Å². The van der Waals surface area contributed by atoms with Crippen LogP contribution in [0.3, 0.4) is 0 Å². The van der Waals surface area contributed by atoms with Crippen LogP contribution < -0.4 is 0 Å². The monoisotopic (exact) mass is 704 g/mol. The largest absolute Gasteiger partial charge is 0.277 e. The summed E-state index contributed by atoms with van der Waals surface area (Å²) in [5.41, 5.74) is 9.93. The number of rotatable bonds is 7. The van der Waals surface area contributed by atoms with Crippen molar-refractivity contribution in [2.45, 2.75) is 0 Å². The van der Waals surface area contributed by atoms with Crippen LogP contribution in [0.15, 0.2) is 194 Å². The summed E-state index contributed by atoms with van der Waals surface area (Å²) in [6, 6.07) is 66.3. The van der Waals surface area contributed by atoms with Crippen LogP contribution in [-0.4, -0.2) is 29.3 Å². The summed E-state index contributed by atoms with van der Waals surface area (Å²) in [4.78, 5) is 25.4. The van der Waals surface area contributed by atoms with Crippen LogP contribution in [0, 0.1) is 0 Å². The molecule has 0 aliphatic heterocycles. The second kappa shape index (κ2) is 13.8. The van der Waals surface area contributed by atoms with Crippen molar-refractivity contribution < 1.29 is 0 Å². The fourth-order valence-electron chi connectivity index (χ4n) is 7.18. The van der Waals surface area contributed by atoms with E-state index in [-0.39, 0.29) is 0 Å². The van der Waals surface area contributed by atoms with Gasteiger partial charge in [0.05, 0.1) is 5.69 Å². The van der Waals surface area contributed by atoms with Crippen LogP contribution in [0.4, 0.5) is 0 Å². The quantitative estimate of drug-likeness (QED) is 0.165. The molecule has 0 saturated carbocycles. The van der Waals surface area contributed by atoms with Crippen molar-refractivity contribution in [2.75, 3.05) is 0 Å². The van der Waals surface area contributed by atoms with Crippen LogP contribution in [0.25, 0.3) is 95.7 Å². The van der Waals surface area contributed by atoms with Crippen molar-refractivity contribution in [1.29, 1.82) is 0 Å². The predicted molar refractivity (Wildman–Crippen MR) is 222 cm³/mol. The topological polar surface area (TPSA) is 68.9 Å². The minimum absolute atomic E-state index is 0.605. The molecule has 10 rings (SSSR count). The van der Waals surface area contributed by atoms with Gasteiger partial charge in [-0.1, -0.05) is 194 Å². The predicted octanol–water partition coefficient (Wildman–Crippen LogP) is 11.7. The van der Waals surface area contributed by atoms with Gasteiger partial charge in [0.25, 0.3) is 0 Å². The molecule has 55 heavy (non-hydrogen) atoms. The average Bonchev–Trinajstić information content (AvgIpc) is 3.61. The summed E-state index contributed by atoms with van der Waals surface area (Å²) in [5, 5.41) is 2.16. The molecular formula is C49H32N6. The van der Waals surface area contributed by atoms with E-state index in [1.54, 1.807) is 0 Å². The standard InChI is InChI=1S/C49H32N6/c1-5-15-33(16-6-1)34-25-29-38(30-26-34)45-50-44(36-17-7-2-8-18-36)51-46(52-45)39-31-27-35(28-32-39)43-41-23-13-14-24-42(41)49-54-47(37-19-9-3-10-20-37)53-48(55(43)49)40-21-11-4-12-22-40/h1-32H. The van der Waals surface area contributed by atoms with Crippen LogP contribution in [-0.2, 0) is 0 Å². The number of benzene rings is 7. The Morgan fingerprint density at radius 1 is 0.255 bits per heavy atom. The van der Waals surface area contributed by atoms with Crippen molar-refractivity contribution in [3.63, 3.8) is 0 Å². The molecule has 258 valence electrons. The molecule has 0 aliphatic rings. The van der Waals surface area contributed by atoms with E-state index in [1.807, 2.05) is 72.8 Å². The number of nitrogens with zero attached hydrogens (tertiary/aromatic N) is 6. The number of aromatic nitrogens is 6. The van der Waals surface area contributed by atoms with Gasteiger partial charge in [0, 0.05) is 38.6 Å². The molecule has 10 aromatic rings. The third-order valence-electron chi connectivity index (χ3n) is 9.89. The Morgan fingerprint density at radius 3 is 1.11 bits per heavy atom.